The van der Waals surface area contributed by atoms with E-state index in [0.717, 1.165) is 0 Å². The zero-order valence-electron chi connectivity index (χ0n) is 8.73. The molecule has 16 heavy (non-hydrogen) atoms. The van der Waals surface area contributed by atoms with Crippen LogP contribution in [0.3, 0.4) is 0 Å². The van der Waals surface area contributed by atoms with E-state index in [1.165, 1.54) is 0 Å². The van der Waals surface area contributed by atoms with E-state index in [0.29, 0.717) is 18.9 Å². The van der Waals surface area contributed by atoms with Crippen molar-refractivity contribution in [3.63, 3.8) is 0 Å². The van der Waals surface area contributed by atoms with Crippen molar-refractivity contribution in [2.75, 3.05) is 23.0 Å². The minimum atomic E-state index is -3.42. The molecule has 9 heteroatoms. The Kier molecular flexibility index (Phi) is 4.81. The number of nitrogens with one attached hydrogen (secondary N) is 2. The lowest BCUT2D eigenvalue weighted by Gasteiger charge is -2.02. The Labute approximate surface area is 98.6 Å². The van der Waals surface area contributed by atoms with Crippen LogP contribution in [0.4, 0.5) is 5.95 Å². The molecule has 92 valence electrons. The highest BCUT2D eigenvalue weighted by molar-refractivity contribution is 7.92. The van der Waals surface area contributed by atoms with Gasteiger partial charge in [-0.3, -0.25) is 4.72 Å². The number of nitrogens with zero attached hydrogens (tertiary/aromatic N) is 2. The molecule has 0 aromatic carbocycles. The van der Waals surface area contributed by atoms with E-state index in [-0.39, 0.29) is 17.7 Å². The number of halogens is 1. The zero-order chi connectivity index (χ0) is 12.0. The van der Waals surface area contributed by atoms with Crippen LogP contribution in [-0.2, 0) is 10.0 Å². The largest absolute Gasteiger partial charge is 0.463 e. The summed E-state index contributed by atoms with van der Waals surface area (Å²) in [4.78, 5) is 3.78. The number of alkyl halides is 1. The first-order chi connectivity index (χ1) is 7.57. The summed E-state index contributed by atoms with van der Waals surface area (Å²) in [5.74, 6) is 0.279. The van der Waals surface area contributed by atoms with Gasteiger partial charge in [-0.15, -0.1) is 16.7 Å². The van der Waals surface area contributed by atoms with Gasteiger partial charge in [0.1, 0.15) is 0 Å². The van der Waals surface area contributed by atoms with Gasteiger partial charge in [0.15, 0.2) is 0 Å². The minimum absolute atomic E-state index is 0.0398. The van der Waals surface area contributed by atoms with Gasteiger partial charge >= 0.3 is 6.01 Å². The van der Waals surface area contributed by atoms with Crippen molar-refractivity contribution in [1.82, 2.24) is 15.2 Å². The minimum Gasteiger partial charge on any atom is -0.463 e. The highest BCUT2D eigenvalue weighted by Crippen LogP contribution is 2.08. The maximum Gasteiger partial charge on any atom is 0.337 e. The van der Waals surface area contributed by atoms with E-state index >= 15 is 0 Å². The molecule has 7 nitrogen and oxygen atoms in total. The zero-order valence-corrected chi connectivity index (χ0v) is 10.3. The van der Waals surface area contributed by atoms with Gasteiger partial charge in [-0.2, -0.15) is 4.98 Å². The molecule has 0 radical (unpaired) electrons. The Hall–Kier alpha value is -1.02. The Morgan fingerprint density at radius 3 is 2.94 bits per heavy atom. The summed E-state index contributed by atoms with van der Waals surface area (Å²) in [6, 6.07) is 0.109. The van der Waals surface area contributed by atoms with Gasteiger partial charge < -0.3 is 4.74 Å². The van der Waals surface area contributed by atoms with Gasteiger partial charge in [0.25, 0.3) is 0 Å². The number of aromatic amines is 1. The first kappa shape index (κ1) is 13.0. The highest BCUT2D eigenvalue weighted by Gasteiger charge is 2.13. The van der Waals surface area contributed by atoms with E-state index in [1.807, 2.05) is 0 Å². The SMILES string of the molecule is CCOc1n[nH]c(NS(=O)(=O)CCCCl)n1. The third kappa shape index (κ3) is 4.23. The molecule has 1 aromatic rings. The number of hydrogen-bond donors (Lipinski definition) is 2. The maximum atomic E-state index is 11.4. The normalized spacial score (nSPS) is 11.4. The Morgan fingerprint density at radius 2 is 2.31 bits per heavy atom. The summed E-state index contributed by atoms with van der Waals surface area (Å²) in [5.41, 5.74) is 0. The number of ether oxygens (including phenoxy) is 1. The van der Waals surface area contributed by atoms with Crippen molar-refractivity contribution in [3.05, 3.63) is 0 Å². The second-order valence-electron chi connectivity index (χ2n) is 2.86. The predicted molar refractivity (Wildman–Crippen MR) is 60.3 cm³/mol. The lowest BCUT2D eigenvalue weighted by atomic mass is 10.6. The van der Waals surface area contributed by atoms with Crippen LogP contribution < -0.4 is 9.46 Å². The van der Waals surface area contributed by atoms with Gasteiger partial charge in [0.2, 0.25) is 16.0 Å². The first-order valence-corrected chi connectivity index (χ1v) is 6.87. The molecular weight excluding hydrogens is 256 g/mol. The second-order valence-corrected chi connectivity index (χ2v) is 5.08. The van der Waals surface area contributed by atoms with Gasteiger partial charge in [-0.25, -0.2) is 13.5 Å². The van der Waals surface area contributed by atoms with Crippen LogP contribution in [0.1, 0.15) is 13.3 Å². The molecule has 0 amide bonds. The van der Waals surface area contributed by atoms with E-state index in [9.17, 15) is 8.42 Å². The summed E-state index contributed by atoms with van der Waals surface area (Å²) >= 11 is 5.41. The van der Waals surface area contributed by atoms with Crippen molar-refractivity contribution in [2.45, 2.75) is 13.3 Å². The van der Waals surface area contributed by atoms with Crippen LogP contribution in [0.5, 0.6) is 6.01 Å². The van der Waals surface area contributed by atoms with Crippen LogP contribution >= 0.6 is 11.6 Å². The monoisotopic (exact) mass is 268 g/mol. The molecule has 0 saturated carbocycles. The van der Waals surface area contributed by atoms with Gasteiger partial charge in [-0.1, -0.05) is 0 Å². The average molecular weight is 269 g/mol. The number of sulfonamides is 1. The van der Waals surface area contributed by atoms with Crippen molar-refractivity contribution in [2.24, 2.45) is 0 Å². The van der Waals surface area contributed by atoms with Gasteiger partial charge in [0.05, 0.1) is 12.4 Å². The standard InChI is InChI=1S/C7H13ClN4O3S/c1-2-15-7-9-6(10-11-7)12-16(13,14)5-3-4-8/h2-5H2,1H3,(H2,9,10,11,12). The summed E-state index contributed by atoms with van der Waals surface area (Å²) in [5, 5.41) is 6.07. The third-order valence-electron chi connectivity index (χ3n) is 1.54. The van der Waals surface area contributed by atoms with E-state index in [4.69, 9.17) is 16.3 Å². The Balaban J connectivity index is 2.58. The maximum absolute atomic E-state index is 11.4. The molecule has 0 spiro atoms. The number of H-pyrrole nitrogens is 1. The quantitative estimate of drug-likeness (QED) is 0.705. The molecular formula is C7H13ClN4O3S. The van der Waals surface area contributed by atoms with Crippen molar-refractivity contribution < 1.29 is 13.2 Å². The number of rotatable bonds is 7. The van der Waals surface area contributed by atoms with Gasteiger partial charge in [0, 0.05) is 5.88 Å². The third-order valence-corrected chi connectivity index (χ3v) is 3.13. The van der Waals surface area contributed by atoms with E-state index in [2.05, 4.69) is 19.9 Å². The smallest absolute Gasteiger partial charge is 0.337 e. The lowest BCUT2D eigenvalue weighted by molar-refractivity contribution is 0.314. The van der Waals surface area contributed by atoms with Crippen LogP contribution in [0.15, 0.2) is 0 Å². The van der Waals surface area contributed by atoms with Gasteiger partial charge in [-0.05, 0) is 13.3 Å². The Morgan fingerprint density at radius 1 is 1.56 bits per heavy atom. The van der Waals surface area contributed by atoms with Crippen molar-refractivity contribution >= 4 is 27.6 Å². The van der Waals surface area contributed by atoms with E-state index in [1.54, 1.807) is 6.92 Å². The molecule has 1 aromatic heterocycles. The lowest BCUT2D eigenvalue weighted by Crippen LogP contribution is -2.17. The molecule has 0 aliphatic carbocycles. The molecule has 0 unspecified atom stereocenters. The second kappa shape index (κ2) is 5.90. The van der Waals surface area contributed by atoms with Crippen molar-refractivity contribution in [3.8, 4) is 6.01 Å². The average Bonchev–Trinajstić information content (AvgIpc) is 2.62. The number of hydrogen-bond acceptors (Lipinski definition) is 5. The fraction of sp³-hybridized carbons (Fsp3) is 0.714. The fourth-order valence-electron chi connectivity index (χ4n) is 0.929. The number of anilines is 1. The summed E-state index contributed by atoms with van der Waals surface area (Å²) in [7, 11) is -3.42. The molecule has 1 heterocycles. The molecule has 0 aliphatic heterocycles. The molecule has 0 aliphatic rings. The topological polar surface area (TPSA) is 97.0 Å². The molecule has 0 fully saturated rings. The van der Waals surface area contributed by atoms with E-state index < -0.39 is 10.0 Å². The van der Waals surface area contributed by atoms with Crippen LogP contribution in [-0.4, -0.2) is 41.8 Å². The van der Waals surface area contributed by atoms with Crippen LogP contribution in [0, 0.1) is 0 Å². The molecule has 0 saturated heterocycles. The predicted octanol–water partition coefficient (Wildman–Crippen LogP) is 0.574. The molecule has 1 rings (SSSR count). The summed E-state index contributed by atoms with van der Waals surface area (Å²) in [6.07, 6.45) is 0.378. The molecule has 0 atom stereocenters. The summed E-state index contributed by atoms with van der Waals surface area (Å²) in [6.45, 7) is 2.19. The van der Waals surface area contributed by atoms with Crippen molar-refractivity contribution in [1.29, 1.82) is 0 Å². The Bertz CT molecular complexity index is 419. The molecule has 0 bridgehead atoms. The summed E-state index contributed by atoms with van der Waals surface area (Å²) < 4.78 is 30.1. The highest BCUT2D eigenvalue weighted by atomic mass is 35.5. The van der Waals surface area contributed by atoms with Crippen LogP contribution in [0.2, 0.25) is 0 Å². The van der Waals surface area contributed by atoms with Crippen LogP contribution in [0.25, 0.3) is 0 Å². The fourth-order valence-corrected chi connectivity index (χ4v) is 2.23. The molecule has 2 N–H and O–H groups in total. The first-order valence-electron chi connectivity index (χ1n) is 4.69. The number of aromatic nitrogens is 3.